The van der Waals surface area contributed by atoms with Crippen molar-refractivity contribution in [2.45, 2.75) is 266 Å². The summed E-state index contributed by atoms with van der Waals surface area (Å²) in [5.74, 6) is -4.89. The number of hydrogen-bond donors (Lipinski definition) is 19. The molecule has 618 valence electrons. The summed E-state index contributed by atoms with van der Waals surface area (Å²) in [5, 5.41) is 125. The standard InChI is InChI=1S/C68H121N9O30/c1-39(82)73-54-60(92)57(89)47(36-79)104-65(54)100-30-27-97-24-21-69-51(86)19-17-43(63(95)70-22-25-98-28-31-101-66-55(74-40(2)83)61(93)58(90)48(37-80)105-66)77-53(88)20-18-44(64(96)71-23-26-99-29-32-102-67-56(75-41(3)84)62(94)59(91)49(38-81)106-67)76-52(87)16-14-12-10-8-7-9-11-13-15-50(85)72-34-42-33-45(46(35-78)103-42)107-68(4,5)6/h42-49,54-62,65-67,78-81,89-94H,7-38H2,1-6H3,(H,69,86)(H,70,95)(H,71,96)(H,72,85)(H,73,82)(H,74,83)(H,75,84)(H,76,87)(H,77,88)/t42-,43?,44?,45+,46-,47?,48+,49?,54?,55?,56?,57?,58?,59?,60?,61?,62?,65?,66?,67?/m0/s1. The summed E-state index contributed by atoms with van der Waals surface area (Å²) in [4.78, 5) is 116. The van der Waals surface area contributed by atoms with Gasteiger partial charge in [-0.05, 0) is 46.5 Å². The lowest BCUT2D eigenvalue weighted by Crippen LogP contribution is -2.64. The van der Waals surface area contributed by atoms with Gasteiger partial charge in [-0.3, -0.25) is 43.2 Å². The van der Waals surface area contributed by atoms with Crippen LogP contribution in [-0.4, -0.2) is 344 Å². The molecule has 39 heteroatoms. The van der Waals surface area contributed by atoms with Crippen LogP contribution in [0.1, 0.15) is 138 Å². The van der Waals surface area contributed by atoms with Gasteiger partial charge in [-0.1, -0.05) is 38.5 Å². The first-order valence-corrected chi connectivity index (χ1v) is 36.9. The van der Waals surface area contributed by atoms with E-state index in [0.29, 0.717) is 38.6 Å². The molecule has 4 aliphatic rings. The highest BCUT2D eigenvalue weighted by Gasteiger charge is 2.48. The van der Waals surface area contributed by atoms with Gasteiger partial charge >= 0.3 is 0 Å². The third kappa shape index (κ3) is 35.5. The number of aliphatic hydroxyl groups excluding tert-OH is 10. The monoisotopic (exact) mass is 1540 g/mol. The van der Waals surface area contributed by atoms with Crippen molar-refractivity contribution in [2.24, 2.45) is 0 Å². The Bertz CT molecular complexity index is 2640. The van der Waals surface area contributed by atoms with Crippen molar-refractivity contribution in [3.8, 4) is 0 Å². The lowest BCUT2D eigenvalue weighted by atomic mass is 9.97. The number of ether oxygens (including phenoxy) is 11. The highest BCUT2D eigenvalue weighted by Crippen LogP contribution is 2.28. The van der Waals surface area contributed by atoms with Gasteiger partial charge in [0, 0.05) is 79.1 Å². The zero-order valence-corrected chi connectivity index (χ0v) is 62.3. The van der Waals surface area contributed by atoms with E-state index in [1.807, 2.05) is 20.8 Å². The number of unbranched alkanes of at least 4 members (excludes halogenated alkanes) is 7. The topological polar surface area (TPSA) is 566 Å². The number of rotatable bonds is 52. The number of carbonyl (C=O) groups excluding carboxylic acids is 9. The van der Waals surface area contributed by atoms with Crippen LogP contribution in [0.5, 0.6) is 0 Å². The molecule has 4 aliphatic heterocycles. The minimum atomic E-state index is -1.54. The molecule has 0 spiro atoms. The first kappa shape index (κ1) is 93.8. The molecule has 0 saturated carbocycles. The molecule has 4 fully saturated rings. The highest BCUT2D eigenvalue weighted by molar-refractivity contribution is 5.90. The summed E-state index contributed by atoms with van der Waals surface area (Å²) in [6.45, 7) is 6.38. The Morgan fingerprint density at radius 2 is 0.738 bits per heavy atom. The Balaban J connectivity index is 1.32. The lowest BCUT2D eigenvalue weighted by Gasteiger charge is -2.42. The average Bonchev–Trinajstić information content (AvgIpc) is 1.61. The molecule has 0 radical (unpaired) electrons. The third-order valence-electron chi connectivity index (χ3n) is 17.6. The van der Waals surface area contributed by atoms with Crippen LogP contribution in [-0.2, 0) is 95.3 Å². The fourth-order valence-corrected chi connectivity index (χ4v) is 12.1. The predicted octanol–water partition coefficient (Wildman–Crippen LogP) is -6.85. The van der Waals surface area contributed by atoms with Gasteiger partial charge in [-0.25, -0.2) is 0 Å². The minimum absolute atomic E-state index is 0.0226. The maximum Gasteiger partial charge on any atom is 0.242 e. The fraction of sp³-hybridized carbons (Fsp3) is 0.868. The third-order valence-corrected chi connectivity index (χ3v) is 17.6. The number of hydrogen-bond acceptors (Lipinski definition) is 30. The van der Waals surface area contributed by atoms with E-state index >= 15 is 0 Å². The normalized spacial score (nSPS) is 27.8. The highest BCUT2D eigenvalue weighted by atomic mass is 16.7. The average molecular weight is 1540 g/mol. The molecule has 19 N–H and O–H groups in total. The second-order valence-electron chi connectivity index (χ2n) is 27.6. The van der Waals surface area contributed by atoms with Crippen LogP contribution in [0.3, 0.4) is 0 Å². The van der Waals surface area contributed by atoms with Crippen LogP contribution in [0, 0.1) is 0 Å². The van der Waals surface area contributed by atoms with Crippen LogP contribution in [0.2, 0.25) is 0 Å². The molecular formula is C68H121N9O30. The van der Waals surface area contributed by atoms with Crippen molar-refractivity contribution in [1.29, 1.82) is 0 Å². The summed E-state index contributed by atoms with van der Waals surface area (Å²) < 4.78 is 62.4. The van der Waals surface area contributed by atoms with Crippen molar-refractivity contribution in [3.05, 3.63) is 0 Å². The van der Waals surface area contributed by atoms with Crippen molar-refractivity contribution < 1.29 is 146 Å². The Morgan fingerprint density at radius 1 is 0.402 bits per heavy atom. The molecule has 39 nitrogen and oxygen atoms in total. The van der Waals surface area contributed by atoms with E-state index in [4.69, 9.17) is 52.1 Å². The Morgan fingerprint density at radius 3 is 1.10 bits per heavy atom. The Kier molecular flexibility index (Phi) is 44.7. The SMILES string of the molecule is CC(=O)NC1C(OCCOCCNC(=O)CCC(NC(=O)CCC(NC(=O)CCCCCCCCCCC(=O)NC[C@@H]2C[C@@H](OC(C)(C)C)[C@H](CO)O2)C(=O)NCCOCCOC2OC(CO)C(O)C(O)C2NC(C)=O)C(=O)NCCOCCOC2O[C@H](CO)C(O)C(O)C2NC(C)=O)OC(CO)C(O)C1O. The Hall–Kier alpha value is -5.61. The molecular weight excluding hydrogens is 1420 g/mol. The van der Waals surface area contributed by atoms with Gasteiger partial charge in [0.15, 0.2) is 18.9 Å². The van der Waals surface area contributed by atoms with Gasteiger partial charge in [0.25, 0.3) is 0 Å². The summed E-state index contributed by atoms with van der Waals surface area (Å²) in [6, 6.07) is -6.17. The van der Waals surface area contributed by atoms with E-state index in [1.165, 1.54) is 20.8 Å². The Labute approximate surface area is 623 Å². The van der Waals surface area contributed by atoms with Crippen molar-refractivity contribution >= 4 is 53.2 Å². The van der Waals surface area contributed by atoms with Crippen molar-refractivity contribution in [2.75, 3.05) is 112 Å². The maximum absolute atomic E-state index is 13.8. The van der Waals surface area contributed by atoms with Gasteiger partial charge in [-0.15, -0.1) is 0 Å². The summed E-state index contributed by atoms with van der Waals surface area (Å²) in [5.41, 5.74) is -0.404. The first-order valence-electron chi connectivity index (χ1n) is 36.9. The first-order chi connectivity index (χ1) is 51.0. The molecule has 9 amide bonds. The lowest BCUT2D eigenvalue weighted by molar-refractivity contribution is -0.272. The van der Waals surface area contributed by atoms with Gasteiger partial charge in [0.2, 0.25) is 53.2 Å². The summed E-state index contributed by atoms with van der Waals surface area (Å²) in [7, 11) is 0. The van der Waals surface area contributed by atoms with Gasteiger partial charge in [0.1, 0.15) is 91.2 Å². The second-order valence-corrected chi connectivity index (χ2v) is 27.6. The number of aliphatic hydroxyl groups is 10. The van der Waals surface area contributed by atoms with Gasteiger partial charge in [0.05, 0.1) is 104 Å². The minimum Gasteiger partial charge on any atom is -0.394 e. The second kappa shape index (κ2) is 51.0. The molecule has 4 saturated heterocycles. The molecule has 4 heterocycles. The van der Waals surface area contributed by atoms with Gasteiger partial charge < -0.3 is 151 Å². The van der Waals surface area contributed by atoms with Crippen LogP contribution in [0.4, 0.5) is 0 Å². The van der Waals surface area contributed by atoms with E-state index in [9.17, 15) is 94.2 Å². The van der Waals surface area contributed by atoms with E-state index in [1.54, 1.807) is 0 Å². The van der Waals surface area contributed by atoms with E-state index < -0.39 is 189 Å². The number of amides is 9. The van der Waals surface area contributed by atoms with Gasteiger partial charge in [-0.2, -0.15) is 0 Å². The van der Waals surface area contributed by atoms with E-state index in [2.05, 4.69) is 47.9 Å². The largest absolute Gasteiger partial charge is 0.394 e. The molecule has 0 aliphatic carbocycles. The maximum atomic E-state index is 13.8. The summed E-state index contributed by atoms with van der Waals surface area (Å²) in [6.07, 6.45) is -11.6. The van der Waals surface area contributed by atoms with Crippen LogP contribution in [0.25, 0.3) is 0 Å². The fourth-order valence-electron chi connectivity index (χ4n) is 12.1. The molecule has 0 aromatic rings. The van der Waals surface area contributed by atoms with Crippen LogP contribution < -0.4 is 47.9 Å². The zero-order chi connectivity index (χ0) is 79.0. The van der Waals surface area contributed by atoms with Crippen LogP contribution in [0.15, 0.2) is 0 Å². The number of nitrogens with one attached hydrogen (secondary N) is 9. The molecule has 4 rings (SSSR count). The van der Waals surface area contributed by atoms with E-state index in [0.717, 1.165) is 32.1 Å². The molecule has 107 heavy (non-hydrogen) atoms. The molecule has 16 unspecified atom stereocenters. The van der Waals surface area contributed by atoms with E-state index in [-0.39, 0.29) is 130 Å². The molecule has 0 bridgehead atoms. The molecule has 20 atom stereocenters. The van der Waals surface area contributed by atoms with Crippen molar-refractivity contribution in [1.82, 2.24) is 47.9 Å². The zero-order valence-electron chi connectivity index (χ0n) is 62.3. The smallest absolute Gasteiger partial charge is 0.242 e. The number of carbonyl (C=O) groups is 9. The molecule has 0 aromatic heterocycles. The molecule has 0 aromatic carbocycles. The van der Waals surface area contributed by atoms with Crippen molar-refractivity contribution in [3.63, 3.8) is 0 Å². The quantitative estimate of drug-likeness (QED) is 0.0252. The summed E-state index contributed by atoms with van der Waals surface area (Å²) >= 11 is 0. The van der Waals surface area contributed by atoms with Crippen LogP contribution >= 0.6 is 0 Å². The predicted molar refractivity (Wildman–Crippen MR) is 372 cm³/mol.